The molecule has 1 aromatic rings. The molecule has 0 saturated carbocycles. The zero-order valence-corrected chi connectivity index (χ0v) is 9.60. The Morgan fingerprint density at radius 1 is 1.50 bits per heavy atom. The second-order valence-corrected chi connectivity index (χ2v) is 3.82. The number of nitrogens with zero attached hydrogens (tertiary/aromatic N) is 2. The van der Waals surface area contributed by atoms with Gasteiger partial charge in [-0.05, 0) is 6.42 Å². The molecule has 1 rings (SSSR count). The number of aliphatic hydroxyl groups excluding tert-OH is 1. The first-order chi connectivity index (χ1) is 7.27. The predicted molar refractivity (Wildman–Crippen MR) is 53.4 cm³/mol. The average Bonchev–Trinajstić information content (AvgIpc) is 2.43. The molecular weight excluding hydrogens is 245 g/mol. The van der Waals surface area contributed by atoms with Gasteiger partial charge in [0.2, 0.25) is 0 Å². The van der Waals surface area contributed by atoms with Gasteiger partial charge in [0.1, 0.15) is 0 Å². The van der Waals surface area contributed by atoms with Crippen molar-refractivity contribution in [1.82, 2.24) is 9.78 Å². The Kier molecular flexibility index (Phi) is 3.85. The second kappa shape index (κ2) is 4.63. The molecule has 16 heavy (non-hydrogen) atoms. The molecule has 0 fully saturated rings. The molecule has 0 aliphatic rings. The number of alkyl halides is 3. The van der Waals surface area contributed by atoms with Gasteiger partial charge < -0.3 is 5.11 Å². The second-order valence-electron chi connectivity index (χ2n) is 3.45. The molecule has 0 aromatic carbocycles. The summed E-state index contributed by atoms with van der Waals surface area (Å²) in [6.45, 7) is 1.80. The number of aliphatic hydroxyl groups is 1. The highest BCUT2D eigenvalue weighted by molar-refractivity contribution is 6.31. The van der Waals surface area contributed by atoms with Crippen molar-refractivity contribution in [2.24, 2.45) is 7.05 Å². The standard InChI is InChI=1S/C9H12ClF3N2O/c1-3-5-8(10)6(15(2)14-5)4-7(16)9(11,12)13/h7,16H,3-4H2,1-2H3/t7-/m1/s1. The Labute approximate surface area is 95.8 Å². The molecule has 0 saturated heterocycles. The smallest absolute Gasteiger partial charge is 0.383 e. The van der Waals surface area contributed by atoms with E-state index in [0.717, 1.165) is 0 Å². The molecule has 1 N–H and O–H groups in total. The molecule has 0 bridgehead atoms. The van der Waals surface area contributed by atoms with Crippen molar-refractivity contribution >= 4 is 11.6 Å². The molecule has 0 unspecified atom stereocenters. The summed E-state index contributed by atoms with van der Waals surface area (Å²) in [5.74, 6) is 0. The van der Waals surface area contributed by atoms with Gasteiger partial charge in [-0.3, -0.25) is 4.68 Å². The molecule has 0 aliphatic heterocycles. The van der Waals surface area contributed by atoms with Crippen molar-refractivity contribution in [2.45, 2.75) is 32.0 Å². The predicted octanol–water partition coefficient (Wildman–Crippen LogP) is 2.10. The number of rotatable bonds is 3. The van der Waals surface area contributed by atoms with E-state index in [-0.39, 0.29) is 10.7 Å². The van der Waals surface area contributed by atoms with E-state index in [2.05, 4.69) is 5.10 Å². The first-order valence-electron chi connectivity index (χ1n) is 4.72. The number of aromatic nitrogens is 2. The molecule has 1 atom stereocenters. The summed E-state index contributed by atoms with van der Waals surface area (Å²) in [5.41, 5.74) is 0.733. The summed E-state index contributed by atoms with van der Waals surface area (Å²) in [4.78, 5) is 0. The van der Waals surface area contributed by atoms with Crippen molar-refractivity contribution in [3.05, 3.63) is 16.4 Å². The number of halogens is 4. The minimum Gasteiger partial charge on any atom is -0.383 e. The van der Waals surface area contributed by atoms with E-state index in [1.807, 2.05) is 0 Å². The zero-order chi connectivity index (χ0) is 12.5. The number of hydrogen-bond donors (Lipinski definition) is 1. The van der Waals surface area contributed by atoms with Gasteiger partial charge in [-0.15, -0.1) is 0 Å². The lowest BCUT2D eigenvalue weighted by Crippen LogP contribution is -2.31. The molecule has 0 amide bonds. The van der Waals surface area contributed by atoms with Crippen LogP contribution in [0.25, 0.3) is 0 Å². The van der Waals surface area contributed by atoms with Gasteiger partial charge in [0.25, 0.3) is 0 Å². The Morgan fingerprint density at radius 2 is 2.06 bits per heavy atom. The fourth-order valence-corrected chi connectivity index (χ4v) is 1.71. The van der Waals surface area contributed by atoms with E-state index in [1.54, 1.807) is 6.92 Å². The molecule has 7 heteroatoms. The summed E-state index contributed by atoms with van der Waals surface area (Å²) >= 11 is 5.86. The number of aryl methyl sites for hydroxylation is 2. The SMILES string of the molecule is CCc1nn(C)c(C[C@@H](O)C(F)(F)F)c1Cl. The molecule has 0 radical (unpaired) electrons. The molecule has 3 nitrogen and oxygen atoms in total. The van der Waals surface area contributed by atoms with Crippen LogP contribution in [-0.2, 0) is 19.9 Å². The van der Waals surface area contributed by atoms with Crippen LogP contribution in [-0.4, -0.2) is 27.2 Å². The van der Waals surface area contributed by atoms with Crippen molar-refractivity contribution < 1.29 is 18.3 Å². The summed E-state index contributed by atoms with van der Waals surface area (Å²) in [6.07, 6.45) is -7.09. The lowest BCUT2D eigenvalue weighted by molar-refractivity contribution is -0.203. The normalized spacial score (nSPS) is 14.2. The van der Waals surface area contributed by atoms with Crippen LogP contribution in [0.4, 0.5) is 13.2 Å². The van der Waals surface area contributed by atoms with E-state index in [0.29, 0.717) is 12.1 Å². The minimum absolute atomic E-state index is 0.198. The third-order valence-corrected chi connectivity index (χ3v) is 2.70. The van der Waals surface area contributed by atoms with Crippen molar-refractivity contribution in [1.29, 1.82) is 0 Å². The molecule has 1 aromatic heterocycles. The van der Waals surface area contributed by atoms with Gasteiger partial charge in [-0.1, -0.05) is 18.5 Å². The summed E-state index contributed by atoms with van der Waals surface area (Å²) in [7, 11) is 1.50. The third-order valence-electron chi connectivity index (χ3n) is 2.27. The lowest BCUT2D eigenvalue weighted by atomic mass is 10.1. The van der Waals surface area contributed by atoms with Crippen LogP contribution >= 0.6 is 11.6 Å². The maximum atomic E-state index is 12.2. The Bertz CT molecular complexity index is 376. The van der Waals surface area contributed by atoms with Crippen LogP contribution < -0.4 is 0 Å². The van der Waals surface area contributed by atoms with E-state index in [9.17, 15) is 13.2 Å². The Balaban J connectivity index is 2.93. The van der Waals surface area contributed by atoms with Crippen LogP contribution in [0.15, 0.2) is 0 Å². The van der Waals surface area contributed by atoms with E-state index in [1.165, 1.54) is 11.7 Å². The highest BCUT2D eigenvalue weighted by Gasteiger charge is 2.39. The summed E-state index contributed by atoms with van der Waals surface area (Å²) in [6, 6.07) is 0. The quantitative estimate of drug-likeness (QED) is 0.899. The lowest BCUT2D eigenvalue weighted by Gasteiger charge is -2.14. The fourth-order valence-electron chi connectivity index (χ4n) is 1.34. The Morgan fingerprint density at radius 3 is 2.44 bits per heavy atom. The van der Waals surface area contributed by atoms with Gasteiger partial charge in [0.15, 0.2) is 6.10 Å². The molecule has 1 heterocycles. The van der Waals surface area contributed by atoms with Crippen LogP contribution in [0.5, 0.6) is 0 Å². The largest absolute Gasteiger partial charge is 0.414 e. The van der Waals surface area contributed by atoms with Crippen LogP contribution in [0, 0.1) is 0 Å². The van der Waals surface area contributed by atoms with Crippen LogP contribution in [0.1, 0.15) is 18.3 Å². The molecule has 0 aliphatic carbocycles. The topological polar surface area (TPSA) is 38.0 Å². The molecule has 92 valence electrons. The van der Waals surface area contributed by atoms with Crippen molar-refractivity contribution in [2.75, 3.05) is 0 Å². The molecule has 0 spiro atoms. The van der Waals surface area contributed by atoms with Crippen LogP contribution in [0.3, 0.4) is 0 Å². The van der Waals surface area contributed by atoms with E-state index < -0.39 is 18.7 Å². The first-order valence-corrected chi connectivity index (χ1v) is 5.10. The monoisotopic (exact) mass is 256 g/mol. The van der Waals surface area contributed by atoms with Gasteiger partial charge in [0, 0.05) is 13.5 Å². The van der Waals surface area contributed by atoms with E-state index in [4.69, 9.17) is 16.7 Å². The maximum Gasteiger partial charge on any atom is 0.414 e. The highest BCUT2D eigenvalue weighted by Crippen LogP contribution is 2.27. The van der Waals surface area contributed by atoms with Gasteiger partial charge in [0.05, 0.1) is 16.4 Å². The van der Waals surface area contributed by atoms with E-state index >= 15 is 0 Å². The Hall–Kier alpha value is -0.750. The van der Waals surface area contributed by atoms with Crippen LogP contribution in [0.2, 0.25) is 5.02 Å². The summed E-state index contributed by atoms with van der Waals surface area (Å²) in [5, 5.41) is 13.1. The first kappa shape index (κ1) is 13.3. The van der Waals surface area contributed by atoms with Gasteiger partial charge in [-0.25, -0.2) is 0 Å². The number of hydrogen-bond acceptors (Lipinski definition) is 2. The highest BCUT2D eigenvalue weighted by atomic mass is 35.5. The zero-order valence-electron chi connectivity index (χ0n) is 8.85. The maximum absolute atomic E-state index is 12.2. The van der Waals surface area contributed by atoms with Crippen molar-refractivity contribution in [3.63, 3.8) is 0 Å². The third kappa shape index (κ3) is 2.68. The molecular formula is C9H12ClF3N2O. The summed E-state index contributed by atoms with van der Waals surface area (Å²) < 4.78 is 37.8. The van der Waals surface area contributed by atoms with Gasteiger partial charge >= 0.3 is 6.18 Å². The average molecular weight is 257 g/mol. The minimum atomic E-state index is -4.64. The van der Waals surface area contributed by atoms with Gasteiger partial charge in [-0.2, -0.15) is 18.3 Å². The van der Waals surface area contributed by atoms with Crippen molar-refractivity contribution in [3.8, 4) is 0 Å². The fraction of sp³-hybridized carbons (Fsp3) is 0.667.